The number of H-pyrrole nitrogens is 1. The molecule has 22 heavy (non-hydrogen) atoms. The fourth-order valence-corrected chi connectivity index (χ4v) is 2.85. The van der Waals surface area contributed by atoms with Crippen molar-refractivity contribution in [2.45, 2.75) is 25.7 Å². The van der Waals surface area contributed by atoms with E-state index in [0.29, 0.717) is 11.1 Å². The molecule has 6 heteroatoms. The fraction of sp³-hybridized carbons (Fsp3) is 0.312. The molecule has 1 aromatic carbocycles. The Morgan fingerprint density at radius 3 is 2.77 bits per heavy atom. The highest BCUT2D eigenvalue weighted by Gasteiger charge is 2.41. The Kier molecular flexibility index (Phi) is 3.41. The molecule has 0 saturated carbocycles. The molecule has 0 saturated heterocycles. The second-order valence-corrected chi connectivity index (χ2v) is 5.58. The average Bonchev–Trinajstić information content (AvgIpc) is 2.90. The summed E-state index contributed by atoms with van der Waals surface area (Å²) in [6.45, 7) is 3.96. The Morgan fingerprint density at radius 2 is 2.14 bits per heavy atom. The Balaban J connectivity index is 2.26. The van der Waals surface area contributed by atoms with Crippen LogP contribution in [0.1, 0.15) is 42.5 Å². The first-order valence-corrected chi connectivity index (χ1v) is 7.03. The Bertz CT molecular complexity index is 775. The van der Waals surface area contributed by atoms with Crippen LogP contribution in [0.2, 0.25) is 0 Å². The average molecular weight is 298 g/mol. The first-order valence-electron chi connectivity index (χ1n) is 7.03. The summed E-state index contributed by atoms with van der Waals surface area (Å²) in [7, 11) is 0. The SMILES string of the molecule is CC(C)c1[nH]nc2c1C(c1ccccc1F)C(C#N)C(=N)O2. The third-order valence-corrected chi connectivity index (χ3v) is 3.89. The van der Waals surface area contributed by atoms with Gasteiger partial charge in [0.15, 0.2) is 0 Å². The van der Waals surface area contributed by atoms with Gasteiger partial charge in [0.2, 0.25) is 11.8 Å². The summed E-state index contributed by atoms with van der Waals surface area (Å²) in [4.78, 5) is 0. The molecule has 5 nitrogen and oxygen atoms in total. The predicted octanol–water partition coefficient (Wildman–Crippen LogP) is 3.31. The van der Waals surface area contributed by atoms with Crippen molar-refractivity contribution in [3.63, 3.8) is 0 Å². The lowest BCUT2D eigenvalue weighted by molar-refractivity contribution is 0.430. The van der Waals surface area contributed by atoms with Crippen LogP contribution in [0.4, 0.5) is 4.39 Å². The monoisotopic (exact) mass is 298 g/mol. The molecule has 0 fully saturated rings. The van der Waals surface area contributed by atoms with Crippen LogP contribution in [0.15, 0.2) is 24.3 Å². The maximum absolute atomic E-state index is 14.3. The number of aromatic amines is 1. The summed E-state index contributed by atoms with van der Waals surface area (Å²) in [6, 6.07) is 8.39. The van der Waals surface area contributed by atoms with Crippen molar-refractivity contribution in [1.82, 2.24) is 10.2 Å². The summed E-state index contributed by atoms with van der Waals surface area (Å²) in [6.07, 6.45) is 0. The van der Waals surface area contributed by atoms with E-state index in [4.69, 9.17) is 10.1 Å². The molecule has 1 aliphatic rings. The zero-order valence-electron chi connectivity index (χ0n) is 12.2. The van der Waals surface area contributed by atoms with Gasteiger partial charge in [0.25, 0.3) is 0 Å². The molecule has 3 rings (SSSR count). The van der Waals surface area contributed by atoms with E-state index in [1.54, 1.807) is 18.2 Å². The number of fused-ring (bicyclic) bond motifs is 1. The van der Waals surface area contributed by atoms with Crippen molar-refractivity contribution in [1.29, 1.82) is 10.7 Å². The smallest absolute Gasteiger partial charge is 0.243 e. The van der Waals surface area contributed by atoms with Crippen molar-refractivity contribution in [3.05, 3.63) is 46.9 Å². The Labute approximate surface area is 127 Å². The van der Waals surface area contributed by atoms with Gasteiger partial charge >= 0.3 is 0 Å². The number of nitrogens with one attached hydrogen (secondary N) is 2. The lowest BCUT2D eigenvalue weighted by Gasteiger charge is -2.28. The third kappa shape index (κ3) is 2.06. The molecule has 112 valence electrons. The van der Waals surface area contributed by atoms with E-state index in [9.17, 15) is 9.65 Å². The van der Waals surface area contributed by atoms with Gasteiger partial charge in [0.1, 0.15) is 11.7 Å². The lowest BCUT2D eigenvalue weighted by atomic mass is 9.78. The van der Waals surface area contributed by atoms with Gasteiger partial charge in [-0.25, -0.2) is 4.39 Å². The van der Waals surface area contributed by atoms with Crippen LogP contribution in [0.3, 0.4) is 0 Å². The van der Waals surface area contributed by atoms with E-state index in [2.05, 4.69) is 16.3 Å². The topological polar surface area (TPSA) is 85.5 Å². The summed E-state index contributed by atoms with van der Waals surface area (Å²) >= 11 is 0. The van der Waals surface area contributed by atoms with Crippen LogP contribution >= 0.6 is 0 Å². The summed E-state index contributed by atoms with van der Waals surface area (Å²) in [5, 5.41) is 24.4. The number of hydrogen-bond acceptors (Lipinski definition) is 4. The van der Waals surface area contributed by atoms with Crippen molar-refractivity contribution < 1.29 is 9.13 Å². The normalized spacial score (nSPS) is 20.4. The molecular weight excluding hydrogens is 283 g/mol. The molecule has 2 unspecified atom stereocenters. The van der Waals surface area contributed by atoms with Crippen molar-refractivity contribution in [2.24, 2.45) is 5.92 Å². The molecule has 0 radical (unpaired) electrons. The van der Waals surface area contributed by atoms with Gasteiger partial charge in [-0.15, -0.1) is 5.10 Å². The van der Waals surface area contributed by atoms with Gasteiger partial charge in [-0.2, -0.15) is 5.26 Å². The highest BCUT2D eigenvalue weighted by atomic mass is 19.1. The number of nitrogens with zero attached hydrogens (tertiary/aromatic N) is 2. The lowest BCUT2D eigenvalue weighted by Crippen LogP contribution is -2.31. The van der Waals surface area contributed by atoms with Crippen molar-refractivity contribution in [2.75, 3.05) is 0 Å². The maximum atomic E-state index is 14.3. The zero-order chi connectivity index (χ0) is 15.9. The van der Waals surface area contributed by atoms with E-state index in [-0.39, 0.29) is 17.7 Å². The molecule has 2 N–H and O–H groups in total. The van der Waals surface area contributed by atoms with E-state index < -0.39 is 17.7 Å². The minimum atomic E-state index is -0.875. The largest absolute Gasteiger partial charge is 0.422 e. The van der Waals surface area contributed by atoms with Crippen LogP contribution in [0.5, 0.6) is 5.88 Å². The molecule has 1 aromatic heterocycles. The van der Waals surface area contributed by atoms with Crippen LogP contribution in [0.25, 0.3) is 0 Å². The van der Waals surface area contributed by atoms with Gasteiger partial charge in [-0.3, -0.25) is 10.5 Å². The van der Waals surface area contributed by atoms with E-state index in [1.807, 2.05) is 13.8 Å². The molecule has 2 heterocycles. The molecule has 2 aromatic rings. The summed E-state index contributed by atoms with van der Waals surface area (Å²) in [5.74, 6) is -1.71. The standard InChI is InChI=1S/C16H15FN4O/c1-8(2)14-13-12(9-5-3-4-6-11(9)17)10(7-18)15(19)22-16(13)21-20-14/h3-6,8,10,12,19H,1-2H3,(H,20,21). The van der Waals surface area contributed by atoms with Gasteiger partial charge in [-0.1, -0.05) is 32.0 Å². The molecule has 0 aliphatic carbocycles. The highest BCUT2D eigenvalue weighted by Crippen LogP contribution is 2.44. The van der Waals surface area contributed by atoms with Gasteiger partial charge in [0.05, 0.1) is 6.07 Å². The molecule has 0 spiro atoms. The van der Waals surface area contributed by atoms with Crippen LogP contribution in [-0.4, -0.2) is 16.1 Å². The second-order valence-electron chi connectivity index (χ2n) is 5.58. The number of nitriles is 1. The minimum Gasteiger partial charge on any atom is -0.422 e. The highest BCUT2D eigenvalue weighted by molar-refractivity contribution is 5.84. The number of hydrogen-bond donors (Lipinski definition) is 2. The number of ether oxygens (including phenoxy) is 1. The Morgan fingerprint density at radius 1 is 1.41 bits per heavy atom. The van der Waals surface area contributed by atoms with E-state index in [0.717, 1.165) is 5.69 Å². The number of benzene rings is 1. The number of aromatic nitrogens is 2. The molecule has 1 aliphatic heterocycles. The van der Waals surface area contributed by atoms with Crippen molar-refractivity contribution in [3.8, 4) is 11.9 Å². The molecule has 2 atom stereocenters. The molecule has 0 bridgehead atoms. The fourth-order valence-electron chi connectivity index (χ4n) is 2.85. The zero-order valence-corrected chi connectivity index (χ0v) is 12.2. The van der Waals surface area contributed by atoms with Crippen LogP contribution < -0.4 is 4.74 Å². The molecule has 0 amide bonds. The third-order valence-electron chi connectivity index (χ3n) is 3.89. The maximum Gasteiger partial charge on any atom is 0.243 e. The van der Waals surface area contributed by atoms with Crippen LogP contribution in [0, 0.1) is 28.5 Å². The number of rotatable bonds is 2. The molecular formula is C16H15FN4O. The van der Waals surface area contributed by atoms with Crippen molar-refractivity contribution >= 4 is 5.90 Å². The van der Waals surface area contributed by atoms with E-state index in [1.165, 1.54) is 6.07 Å². The van der Waals surface area contributed by atoms with Gasteiger partial charge in [0, 0.05) is 17.2 Å². The Hall–Kier alpha value is -2.68. The first-order chi connectivity index (χ1) is 10.5. The predicted molar refractivity (Wildman–Crippen MR) is 78.4 cm³/mol. The summed E-state index contributed by atoms with van der Waals surface area (Å²) in [5.41, 5.74) is 1.85. The van der Waals surface area contributed by atoms with Crippen LogP contribution in [-0.2, 0) is 0 Å². The van der Waals surface area contributed by atoms with Gasteiger partial charge < -0.3 is 4.74 Å². The van der Waals surface area contributed by atoms with Gasteiger partial charge in [-0.05, 0) is 17.5 Å². The summed E-state index contributed by atoms with van der Waals surface area (Å²) < 4.78 is 19.6. The van der Waals surface area contributed by atoms with E-state index >= 15 is 0 Å². The first kappa shape index (κ1) is 14.3. The number of halogens is 1. The second kappa shape index (κ2) is 5.26. The quantitative estimate of drug-likeness (QED) is 0.891. The minimum absolute atomic E-state index is 0.112.